The first-order valence-electron chi connectivity index (χ1n) is 6.93. The summed E-state index contributed by atoms with van der Waals surface area (Å²) >= 11 is 11.9. The number of nitrogens with one attached hydrogen (secondary N) is 2. The van der Waals surface area contributed by atoms with Crippen molar-refractivity contribution in [3.63, 3.8) is 0 Å². The largest absolute Gasteiger partial charge is 0.361 e. The molecule has 108 valence electrons. The van der Waals surface area contributed by atoms with Crippen LogP contribution >= 0.6 is 23.2 Å². The standard InChI is InChI=1S/C17H16Cl2N2/c18-15-6-5-12(9-16(15)19)10-20-8-7-13-11-21-17-4-2-1-3-14(13)17/h1-6,9,11,20-21H,7-8,10H2. The molecule has 2 N–H and O–H groups in total. The maximum atomic E-state index is 6.01. The molecule has 21 heavy (non-hydrogen) atoms. The Morgan fingerprint density at radius 1 is 1.00 bits per heavy atom. The minimum Gasteiger partial charge on any atom is -0.361 e. The van der Waals surface area contributed by atoms with Gasteiger partial charge in [0.05, 0.1) is 10.0 Å². The van der Waals surface area contributed by atoms with Crippen molar-refractivity contribution in [2.45, 2.75) is 13.0 Å². The van der Waals surface area contributed by atoms with Gasteiger partial charge in [-0.2, -0.15) is 0 Å². The minimum atomic E-state index is 0.596. The molecule has 1 heterocycles. The molecule has 4 heteroatoms. The Kier molecular flexibility index (Phi) is 4.49. The molecule has 0 saturated carbocycles. The van der Waals surface area contributed by atoms with Crippen molar-refractivity contribution in [1.82, 2.24) is 10.3 Å². The molecule has 0 fully saturated rings. The lowest BCUT2D eigenvalue weighted by Crippen LogP contribution is -2.16. The fraction of sp³-hybridized carbons (Fsp3) is 0.176. The molecule has 0 radical (unpaired) electrons. The summed E-state index contributed by atoms with van der Waals surface area (Å²) in [6.07, 6.45) is 3.08. The van der Waals surface area contributed by atoms with Crippen LogP contribution in [0.5, 0.6) is 0 Å². The number of aromatic nitrogens is 1. The van der Waals surface area contributed by atoms with Crippen molar-refractivity contribution in [2.75, 3.05) is 6.54 Å². The van der Waals surface area contributed by atoms with Gasteiger partial charge in [0.1, 0.15) is 0 Å². The Morgan fingerprint density at radius 3 is 2.71 bits per heavy atom. The first-order valence-corrected chi connectivity index (χ1v) is 7.69. The summed E-state index contributed by atoms with van der Waals surface area (Å²) < 4.78 is 0. The maximum absolute atomic E-state index is 6.01. The summed E-state index contributed by atoms with van der Waals surface area (Å²) in [5.74, 6) is 0. The van der Waals surface area contributed by atoms with Gasteiger partial charge in [-0.25, -0.2) is 0 Å². The lowest BCUT2D eigenvalue weighted by atomic mass is 10.1. The summed E-state index contributed by atoms with van der Waals surface area (Å²) in [4.78, 5) is 3.30. The van der Waals surface area contributed by atoms with E-state index in [4.69, 9.17) is 23.2 Å². The van der Waals surface area contributed by atoms with Crippen molar-refractivity contribution in [1.29, 1.82) is 0 Å². The van der Waals surface area contributed by atoms with Crippen LogP contribution in [0.15, 0.2) is 48.7 Å². The molecule has 1 aromatic heterocycles. The normalized spacial score (nSPS) is 11.1. The number of rotatable bonds is 5. The van der Waals surface area contributed by atoms with E-state index in [1.165, 1.54) is 16.5 Å². The van der Waals surface area contributed by atoms with E-state index in [1.54, 1.807) is 0 Å². The maximum Gasteiger partial charge on any atom is 0.0595 e. The predicted molar refractivity (Wildman–Crippen MR) is 90.2 cm³/mol. The highest BCUT2D eigenvalue weighted by Crippen LogP contribution is 2.22. The molecule has 0 unspecified atom stereocenters. The quantitative estimate of drug-likeness (QED) is 0.649. The van der Waals surface area contributed by atoms with E-state index in [0.717, 1.165) is 25.1 Å². The average molecular weight is 319 g/mol. The Balaban J connectivity index is 1.55. The van der Waals surface area contributed by atoms with Gasteiger partial charge in [-0.1, -0.05) is 47.5 Å². The second-order valence-corrected chi connectivity index (χ2v) is 5.85. The predicted octanol–water partition coefficient (Wildman–Crippen LogP) is 4.81. The summed E-state index contributed by atoms with van der Waals surface area (Å²) in [5, 5.41) is 5.94. The lowest BCUT2D eigenvalue weighted by Gasteiger charge is -2.06. The summed E-state index contributed by atoms with van der Waals surface area (Å²) in [6.45, 7) is 1.71. The molecule has 0 amide bonds. The van der Waals surface area contributed by atoms with Gasteiger partial charge in [0, 0.05) is 23.6 Å². The highest BCUT2D eigenvalue weighted by atomic mass is 35.5. The number of hydrogen-bond donors (Lipinski definition) is 2. The van der Waals surface area contributed by atoms with Crippen LogP contribution in [-0.2, 0) is 13.0 Å². The van der Waals surface area contributed by atoms with E-state index < -0.39 is 0 Å². The number of hydrogen-bond acceptors (Lipinski definition) is 1. The van der Waals surface area contributed by atoms with Gasteiger partial charge in [-0.05, 0) is 42.3 Å². The highest BCUT2D eigenvalue weighted by Gasteiger charge is 2.03. The fourth-order valence-electron chi connectivity index (χ4n) is 2.44. The highest BCUT2D eigenvalue weighted by molar-refractivity contribution is 6.42. The van der Waals surface area contributed by atoms with Gasteiger partial charge in [-0.3, -0.25) is 0 Å². The Morgan fingerprint density at radius 2 is 1.86 bits per heavy atom. The summed E-state index contributed by atoms with van der Waals surface area (Å²) in [7, 11) is 0. The van der Waals surface area contributed by atoms with E-state index in [1.807, 2.05) is 24.3 Å². The molecular weight excluding hydrogens is 303 g/mol. The van der Waals surface area contributed by atoms with Gasteiger partial charge in [0.25, 0.3) is 0 Å². The summed E-state index contributed by atoms with van der Waals surface area (Å²) in [6, 6.07) is 14.1. The zero-order chi connectivity index (χ0) is 14.7. The number of aromatic amines is 1. The van der Waals surface area contributed by atoms with Gasteiger partial charge < -0.3 is 10.3 Å². The van der Waals surface area contributed by atoms with Gasteiger partial charge >= 0.3 is 0 Å². The summed E-state index contributed by atoms with van der Waals surface area (Å²) in [5.41, 5.74) is 3.67. The van der Waals surface area contributed by atoms with Crippen LogP contribution in [0, 0.1) is 0 Å². The zero-order valence-electron chi connectivity index (χ0n) is 11.5. The fourth-order valence-corrected chi connectivity index (χ4v) is 2.76. The van der Waals surface area contributed by atoms with Crippen LogP contribution in [0.4, 0.5) is 0 Å². The number of halogens is 2. The first-order chi connectivity index (χ1) is 10.2. The molecule has 0 saturated heterocycles. The molecule has 0 bridgehead atoms. The first kappa shape index (κ1) is 14.5. The molecule has 2 nitrogen and oxygen atoms in total. The van der Waals surface area contributed by atoms with Crippen molar-refractivity contribution in [3.8, 4) is 0 Å². The minimum absolute atomic E-state index is 0.596. The SMILES string of the molecule is Clc1ccc(CNCCc2c[nH]c3ccccc23)cc1Cl. The third kappa shape index (κ3) is 3.41. The van der Waals surface area contributed by atoms with E-state index in [9.17, 15) is 0 Å². The molecule has 0 spiro atoms. The van der Waals surface area contributed by atoms with Gasteiger partial charge in [0.2, 0.25) is 0 Å². The smallest absolute Gasteiger partial charge is 0.0595 e. The number of benzene rings is 2. The van der Waals surface area contributed by atoms with Crippen LogP contribution in [-0.4, -0.2) is 11.5 Å². The average Bonchev–Trinajstić information content (AvgIpc) is 2.91. The number of H-pyrrole nitrogens is 1. The van der Waals surface area contributed by atoms with Gasteiger partial charge in [-0.15, -0.1) is 0 Å². The molecule has 0 aliphatic heterocycles. The number of fused-ring (bicyclic) bond motifs is 1. The van der Waals surface area contributed by atoms with Crippen LogP contribution in [0.25, 0.3) is 10.9 Å². The molecule has 3 rings (SSSR count). The molecule has 0 aliphatic carbocycles. The van der Waals surface area contributed by atoms with E-state index in [0.29, 0.717) is 10.0 Å². The van der Waals surface area contributed by atoms with Crippen molar-refractivity contribution >= 4 is 34.1 Å². The Hall–Kier alpha value is -1.48. The molecule has 0 aliphatic rings. The van der Waals surface area contributed by atoms with Crippen molar-refractivity contribution in [3.05, 3.63) is 69.8 Å². The third-order valence-corrected chi connectivity index (χ3v) is 4.30. The molecular formula is C17H16Cl2N2. The zero-order valence-corrected chi connectivity index (χ0v) is 13.0. The van der Waals surface area contributed by atoms with Crippen LogP contribution in [0.3, 0.4) is 0 Å². The van der Waals surface area contributed by atoms with E-state index in [2.05, 4.69) is 34.7 Å². The van der Waals surface area contributed by atoms with E-state index >= 15 is 0 Å². The second-order valence-electron chi connectivity index (χ2n) is 5.03. The van der Waals surface area contributed by atoms with Crippen molar-refractivity contribution in [2.24, 2.45) is 0 Å². The van der Waals surface area contributed by atoms with Gasteiger partial charge in [0.15, 0.2) is 0 Å². The Labute approximate surface area is 134 Å². The topological polar surface area (TPSA) is 27.8 Å². The second kappa shape index (κ2) is 6.52. The molecule has 3 aromatic rings. The third-order valence-electron chi connectivity index (χ3n) is 3.56. The van der Waals surface area contributed by atoms with Crippen LogP contribution in [0.2, 0.25) is 10.0 Å². The van der Waals surface area contributed by atoms with Crippen molar-refractivity contribution < 1.29 is 0 Å². The number of para-hydroxylation sites is 1. The monoisotopic (exact) mass is 318 g/mol. The molecule has 0 atom stereocenters. The molecule has 2 aromatic carbocycles. The van der Waals surface area contributed by atoms with Crippen LogP contribution in [0.1, 0.15) is 11.1 Å². The Bertz CT molecular complexity index is 749. The lowest BCUT2D eigenvalue weighted by molar-refractivity contribution is 0.688. The van der Waals surface area contributed by atoms with Crippen LogP contribution < -0.4 is 5.32 Å². The van der Waals surface area contributed by atoms with E-state index in [-0.39, 0.29) is 0 Å².